The second kappa shape index (κ2) is 5.90. The fraction of sp³-hybridized carbons (Fsp3) is 1.00. The zero-order valence-corrected chi connectivity index (χ0v) is 8.96. The van der Waals surface area contributed by atoms with Crippen LogP contribution in [-0.4, -0.2) is 70.8 Å². The molecule has 0 aromatic carbocycles. The lowest BCUT2D eigenvalue weighted by Gasteiger charge is -2.31. The summed E-state index contributed by atoms with van der Waals surface area (Å²) in [4.78, 5) is 0. The van der Waals surface area contributed by atoms with E-state index in [2.05, 4.69) is 0 Å². The van der Waals surface area contributed by atoms with Crippen molar-refractivity contribution in [3.8, 4) is 0 Å². The van der Waals surface area contributed by atoms with E-state index in [4.69, 9.17) is 29.2 Å². The molecule has 1 saturated heterocycles. The van der Waals surface area contributed by atoms with E-state index in [0.717, 1.165) is 0 Å². The fourth-order valence-corrected chi connectivity index (χ4v) is 1.81. The van der Waals surface area contributed by atoms with Gasteiger partial charge in [0.25, 0.3) is 0 Å². The lowest BCUT2D eigenvalue weighted by molar-refractivity contribution is -0.271. The molecule has 4 atom stereocenters. The van der Waals surface area contributed by atoms with Gasteiger partial charge < -0.3 is 28.8 Å². The molecule has 1 rings (SSSR count). The van der Waals surface area contributed by atoms with Gasteiger partial charge in [-0.1, -0.05) is 0 Å². The molecule has 1 heterocycles. The second-order valence-corrected chi connectivity index (χ2v) is 3.36. The molecule has 1 aliphatic rings. The Labute approximate surface area is 101 Å². The van der Waals surface area contributed by atoms with E-state index >= 15 is 0 Å². The van der Waals surface area contributed by atoms with Crippen molar-refractivity contribution in [1.29, 1.82) is 0 Å². The number of hydrogen-bond donors (Lipinski definition) is 1. The second-order valence-electron chi connectivity index (χ2n) is 3.36. The molecule has 6 heteroatoms. The molecule has 0 spiro atoms. The third-order valence-corrected chi connectivity index (χ3v) is 2.55. The largest absolute Gasteiger partial charge is 0.394 e. The van der Waals surface area contributed by atoms with Gasteiger partial charge in [-0.15, -0.1) is 0 Å². The van der Waals surface area contributed by atoms with E-state index in [9.17, 15) is 5.11 Å². The summed E-state index contributed by atoms with van der Waals surface area (Å²) in [7, 11) is -1.58. The highest BCUT2D eigenvalue weighted by Crippen LogP contribution is 2.35. The van der Waals surface area contributed by atoms with Crippen molar-refractivity contribution < 1.29 is 34.3 Å². The summed E-state index contributed by atoms with van der Waals surface area (Å²) in [6, 6.07) is 0. The van der Waals surface area contributed by atoms with Gasteiger partial charge in [0.1, 0.15) is 24.9 Å². The molecular weight excluding hydrogens is 216 g/mol. The monoisotopic (exact) mass is 240 g/mol. The highest BCUT2D eigenvalue weighted by molar-refractivity contribution is 4.98. The van der Waals surface area contributed by atoms with Crippen molar-refractivity contribution in [3.05, 3.63) is 0 Å². The topological polar surface area (TPSA) is 66.4 Å². The van der Waals surface area contributed by atoms with Gasteiger partial charge >= 0.3 is 0 Å². The normalized spacial score (nSPS) is 42.4. The van der Waals surface area contributed by atoms with Gasteiger partial charge in [-0.05, 0) is 0 Å². The highest BCUT2D eigenvalue weighted by Gasteiger charge is 2.56. The Morgan fingerprint density at radius 1 is 1.31 bits per heavy atom. The minimum absolute atomic E-state index is 0.200. The van der Waals surface area contributed by atoms with Crippen LogP contribution in [0.15, 0.2) is 0 Å². The van der Waals surface area contributed by atoms with Gasteiger partial charge in [0, 0.05) is 28.3 Å². The molecule has 16 heavy (non-hydrogen) atoms. The molecule has 0 aromatic heterocycles. The molecule has 0 aliphatic carbocycles. The molecule has 0 aromatic rings. The van der Waals surface area contributed by atoms with E-state index in [1.54, 1.807) is 0 Å². The van der Waals surface area contributed by atoms with Gasteiger partial charge in [-0.2, -0.15) is 0 Å². The summed E-state index contributed by atoms with van der Waals surface area (Å²) in [6.45, 7) is -0.596. The lowest BCUT2D eigenvalue weighted by atomic mass is 10.1. The van der Waals surface area contributed by atoms with E-state index < -0.39 is 44.9 Å². The van der Waals surface area contributed by atoms with Crippen molar-refractivity contribution in [1.82, 2.24) is 0 Å². The van der Waals surface area contributed by atoms with Crippen LogP contribution < -0.4 is 0 Å². The molecular formula is C10H20O6. The molecule has 1 aliphatic heterocycles. The van der Waals surface area contributed by atoms with Crippen molar-refractivity contribution >= 4 is 0 Å². The average Bonchev–Trinajstić information content (AvgIpc) is 2.73. The van der Waals surface area contributed by atoms with E-state index in [0.29, 0.717) is 0 Å². The van der Waals surface area contributed by atoms with Crippen molar-refractivity contribution in [3.63, 3.8) is 0 Å². The Kier molecular flexibility index (Phi) is 3.24. The van der Waals surface area contributed by atoms with Crippen molar-refractivity contribution in [2.45, 2.75) is 24.1 Å². The van der Waals surface area contributed by atoms with Crippen molar-refractivity contribution in [2.24, 2.45) is 0 Å². The maximum absolute atomic E-state index is 9.33. The van der Waals surface area contributed by atoms with Crippen LogP contribution in [0.1, 0.15) is 5.48 Å². The zero-order valence-electron chi connectivity index (χ0n) is 13.0. The number of hydrogen-bond acceptors (Lipinski definition) is 6. The van der Waals surface area contributed by atoms with Gasteiger partial charge in [0.2, 0.25) is 5.79 Å². The number of ether oxygens (including phenoxy) is 5. The summed E-state index contributed by atoms with van der Waals surface area (Å²) < 4.78 is 54.7. The molecule has 96 valence electrons. The predicted octanol–water partition coefficient (Wildman–Crippen LogP) is -0.603. The summed E-state index contributed by atoms with van der Waals surface area (Å²) in [5.74, 6) is -1.53. The molecule has 6 nitrogen and oxygen atoms in total. The van der Waals surface area contributed by atoms with Crippen LogP contribution in [0.5, 0.6) is 0 Å². The molecule has 0 bridgehead atoms. The predicted molar refractivity (Wildman–Crippen MR) is 55.2 cm³/mol. The Morgan fingerprint density at radius 3 is 2.81 bits per heavy atom. The number of methoxy groups -OCH3 is 4. The highest BCUT2D eigenvalue weighted by atomic mass is 16.8. The molecule has 0 amide bonds. The van der Waals surface area contributed by atoms with Gasteiger partial charge in [0.05, 0.1) is 12.1 Å². The Morgan fingerprint density at radius 2 is 2.19 bits per heavy atom. The first kappa shape index (κ1) is 8.79. The number of rotatable bonds is 6. The van der Waals surface area contributed by atoms with Gasteiger partial charge in [-0.3, -0.25) is 0 Å². The molecule has 1 fully saturated rings. The SMILES string of the molecule is [2H]COCC1(OC[2H])O[C@H](CO)[C@@H](OC[2H])[C@@H]1OC[2H]. The minimum Gasteiger partial charge on any atom is -0.394 e. The first-order valence-corrected chi connectivity index (χ1v) is 4.59. The van der Waals surface area contributed by atoms with Crippen LogP contribution in [0, 0.1) is 0 Å². The van der Waals surface area contributed by atoms with Gasteiger partial charge in [-0.25, -0.2) is 0 Å². The smallest absolute Gasteiger partial charge is 0.221 e. The first-order chi connectivity index (χ1) is 9.68. The summed E-state index contributed by atoms with van der Waals surface area (Å²) in [5.41, 5.74) is 0. The van der Waals surface area contributed by atoms with E-state index in [1.807, 2.05) is 0 Å². The van der Waals surface area contributed by atoms with Crippen LogP contribution in [0.2, 0.25) is 0 Å². The first-order valence-electron chi connectivity index (χ1n) is 7.42. The Bertz CT molecular complexity index is 274. The molecule has 0 saturated carbocycles. The fourth-order valence-electron chi connectivity index (χ4n) is 1.81. The summed E-state index contributed by atoms with van der Waals surface area (Å²) in [6.07, 6.45) is -2.57. The third-order valence-electron chi connectivity index (χ3n) is 2.55. The van der Waals surface area contributed by atoms with Crippen LogP contribution in [0.25, 0.3) is 0 Å². The maximum atomic E-state index is 9.33. The number of aliphatic hydroxyl groups excluding tert-OH is 1. The lowest BCUT2D eigenvalue weighted by Crippen LogP contribution is -2.49. The summed E-state index contributed by atoms with van der Waals surface area (Å²) >= 11 is 0. The van der Waals surface area contributed by atoms with Crippen LogP contribution >= 0.6 is 0 Å². The molecule has 1 N–H and O–H groups in total. The Hall–Kier alpha value is -0.240. The molecule has 1 unspecified atom stereocenters. The number of aliphatic hydroxyl groups is 1. The average molecular weight is 240 g/mol. The third kappa shape index (κ3) is 2.22. The summed E-state index contributed by atoms with van der Waals surface area (Å²) in [5, 5.41) is 9.33. The van der Waals surface area contributed by atoms with Crippen LogP contribution in [-0.2, 0) is 23.7 Å². The Balaban J connectivity index is 2.97. The standard InChI is InChI=1S/C10H20O6/c1-12-6-10(15-4)9(14-3)8(13-2)7(5-11)16-10/h7-9,11H,5-6H2,1-4H3/t7-,8-,9+,10?/m1/s1/i1D,2D,3D,4D. The van der Waals surface area contributed by atoms with E-state index in [1.165, 1.54) is 0 Å². The van der Waals surface area contributed by atoms with Crippen LogP contribution in [0.3, 0.4) is 0 Å². The zero-order chi connectivity index (χ0) is 15.0. The van der Waals surface area contributed by atoms with Crippen molar-refractivity contribution in [2.75, 3.05) is 41.6 Å². The quantitative estimate of drug-likeness (QED) is 0.668. The van der Waals surface area contributed by atoms with Crippen LogP contribution in [0.4, 0.5) is 0 Å². The maximum Gasteiger partial charge on any atom is 0.221 e. The van der Waals surface area contributed by atoms with E-state index in [-0.39, 0.29) is 20.8 Å². The minimum atomic E-state index is -1.53. The van der Waals surface area contributed by atoms with Gasteiger partial charge in [0.15, 0.2) is 0 Å². The molecule has 0 radical (unpaired) electrons.